The summed E-state index contributed by atoms with van der Waals surface area (Å²) in [7, 11) is 2.94. The second-order valence-electron chi connectivity index (χ2n) is 30.0. The fraction of sp³-hybridized carbons (Fsp3) is 0.571. The first-order valence-corrected chi connectivity index (χ1v) is 32.9. The molecule has 24 heteroatoms. The zero-order valence-corrected chi connectivity index (χ0v) is 57.5. The molecule has 10 atom stereocenters. The molecule has 4 N–H and O–H groups in total. The highest BCUT2D eigenvalue weighted by molar-refractivity contribution is 5.96. The number of amides is 8. The maximum Gasteiger partial charge on any atom is 0.410 e. The van der Waals surface area contributed by atoms with Crippen LogP contribution in [0.5, 0.6) is 0 Å². The van der Waals surface area contributed by atoms with Gasteiger partial charge in [-0.05, 0) is 133 Å². The number of benzene rings is 3. The molecule has 2 aliphatic heterocycles. The summed E-state index contributed by atoms with van der Waals surface area (Å²) >= 11 is 0. The van der Waals surface area contributed by atoms with Crippen molar-refractivity contribution >= 4 is 47.6 Å². The topological polar surface area (TPSA) is 278 Å². The van der Waals surface area contributed by atoms with E-state index in [0.29, 0.717) is 22.5 Å². The van der Waals surface area contributed by atoms with Gasteiger partial charge in [0.2, 0.25) is 35.4 Å². The first-order chi connectivity index (χ1) is 44.1. The van der Waals surface area contributed by atoms with E-state index < -0.39 is 106 Å². The van der Waals surface area contributed by atoms with Crippen molar-refractivity contribution in [2.75, 3.05) is 27.2 Å². The number of carbonyl (C=O) groups excluding carboxylic acids is 8. The van der Waals surface area contributed by atoms with Crippen LogP contribution in [0.1, 0.15) is 182 Å². The molecule has 2 aromatic heterocycles. The summed E-state index contributed by atoms with van der Waals surface area (Å²) in [5.74, 6) is -2.71. The van der Waals surface area contributed by atoms with E-state index in [-0.39, 0.29) is 49.8 Å². The molecule has 94 heavy (non-hydrogen) atoms. The van der Waals surface area contributed by atoms with Gasteiger partial charge in [0.05, 0.1) is 36.6 Å². The van der Waals surface area contributed by atoms with Gasteiger partial charge < -0.3 is 40.5 Å². The molecule has 0 spiro atoms. The zero-order valence-electron chi connectivity index (χ0n) is 57.5. The van der Waals surface area contributed by atoms with E-state index in [4.69, 9.17) is 9.47 Å². The number of nitrogens with one attached hydrogen (secondary N) is 4. The number of aromatic nitrogens is 6. The minimum atomic E-state index is -1.11. The van der Waals surface area contributed by atoms with Gasteiger partial charge in [0.1, 0.15) is 58.8 Å². The van der Waals surface area contributed by atoms with Crippen LogP contribution in [-0.2, 0) is 51.1 Å². The monoisotopic (exact) mass is 1290 g/mol. The van der Waals surface area contributed by atoms with Crippen molar-refractivity contribution in [3.8, 4) is 22.5 Å². The van der Waals surface area contributed by atoms with Crippen molar-refractivity contribution in [2.45, 2.75) is 220 Å². The van der Waals surface area contributed by atoms with Crippen LogP contribution in [0.3, 0.4) is 0 Å². The maximum atomic E-state index is 15.2. The quantitative estimate of drug-likeness (QED) is 0.0722. The number of aryl methyl sites for hydroxylation is 2. The summed E-state index contributed by atoms with van der Waals surface area (Å²) in [4.78, 5) is 120. The van der Waals surface area contributed by atoms with Crippen LogP contribution in [0, 0.1) is 10.8 Å². The van der Waals surface area contributed by atoms with Crippen LogP contribution in [0.25, 0.3) is 22.5 Å². The summed E-state index contributed by atoms with van der Waals surface area (Å²) in [6.07, 6.45) is 7.59. The smallest absolute Gasteiger partial charge is 0.410 e. The minimum absolute atomic E-state index is 0.0688. The lowest BCUT2D eigenvalue weighted by Crippen LogP contribution is -2.60. The largest absolute Gasteiger partial charge is 0.444 e. The number of ether oxygens (including phenoxy) is 2. The number of fused-ring (bicyclic) bond motifs is 2. The SMILES string of the molecule is C[C@@H](C(=O)N[C@H](C(=O)N1C[C@@H](n2cc(-c3cccc(-c4cn([C@H]5C[C@@H](C(=O)N[C@@H]6CCCc7ccccc76)N(C(=O)[C@@H](NC(=O)[C@H](C)N(C)C(=O)OC(C)(C)C)C(C)(C)C)C5)nn4)c3)nn2)C[C@H]1C(=O)N[C@@H]1CCCc2ccccc21)C(C)(C)C)N(C)C(=O)OC(C)(C)C. The molecule has 4 aliphatic rings. The lowest BCUT2D eigenvalue weighted by molar-refractivity contribution is -0.144. The van der Waals surface area contributed by atoms with Crippen LogP contribution in [-0.4, -0.2) is 172 Å². The van der Waals surface area contributed by atoms with Gasteiger partial charge in [-0.15, -0.1) is 10.2 Å². The first kappa shape index (κ1) is 69.6. The van der Waals surface area contributed by atoms with Crippen molar-refractivity contribution < 1.29 is 47.8 Å². The van der Waals surface area contributed by atoms with Gasteiger partial charge in [0, 0.05) is 51.2 Å². The van der Waals surface area contributed by atoms with Crippen molar-refractivity contribution in [1.29, 1.82) is 0 Å². The van der Waals surface area contributed by atoms with Crippen LogP contribution in [0.2, 0.25) is 0 Å². The Hall–Kier alpha value is -8.70. The van der Waals surface area contributed by atoms with Gasteiger partial charge in [-0.3, -0.25) is 38.6 Å². The summed E-state index contributed by atoms with van der Waals surface area (Å²) < 4.78 is 14.4. The lowest BCUT2D eigenvalue weighted by atomic mass is 9.85. The van der Waals surface area contributed by atoms with E-state index in [0.717, 1.165) is 49.7 Å². The highest BCUT2D eigenvalue weighted by atomic mass is 16.6. The molecule has 8 amide bonds. The Morgan fingerprint density at radius 1 is 0.532 bits per heavy atom. The van der Waals surface area contributed by atoms with Gasteiger partial charge in [0.25, 0.3) is 0 Å². The standard InChI is InChI=1S/C70H96N14O10/c1-41(79(15)65(91)93-69(9,10)11)59(85)73-57(67(3,4)5)63(89)81-37-47(35-55(81)61(87)71-51-32-22-26-43-24-17-19-30-49(43)51)83-39-53(75-77-83)45-28-21-29-46(34-45)54-40-84(78-76-54)48-36-56(62(88)72-52-33-23-27-44-25-18-20-31-50(44)52)82(38-48)64(90)58(68(6,7)8)74-60(86)42(2)80(16)66(92)94-70(12,13)14/h17-21,24-25,28-31,34,39-42,47-48,51-52,55-58H,22-23,26-27,32-33,35-38H2,1-16H3,(H,71,87)(H,72,88)(H,73,85)(H,74,86)/t41-,42-,47-,48-,51+,52+,55-,56-,57+,58+/m0/s1. The first-order valence-electron chi connectivity index (χ1n) is 32.9. The zero-order chi connectivity index (χ0) is 68.5. The van der Waals surface area contributed by atoms with Crippen molar-refractivity contribution in [1.82, 2.24) is 70.9 Å². The average molecular weight is 1290 g/mol. The second-order valence-corrected chi connectivity index (χ2v) is 30.0. The van der Waals surface area contributed by atoms with Crippen LogP contribution < -0.4 is 21.3 Å². The molecule has 0 unspecified atom stereocenters. The summed E-state index contributed by atoms with van der Waals surface area (Å²) in [5, 5.41) is 30.9. The molecular weight excluding hydrogens is 1200 g/mol. The van der Waals surface area contributed by atoms with E-state index in [9.17, 15) is 28.8 Å². The molecule has 2 fully saturated rings. The Kier molecular flexibility index (Phi) is 20.5. The Bertz CT molecular complexity index is 3400. The fourth-order valence-corrected chi connectivity index (χ4v) is 12.8. The third-order valence-corrected chi connectivity index (χ3v) is 18.4. The molecule has 9 rings (SSSR count). The number of likely N-dealkylation sites (N-methyl/N-ethyl adjacent to an activating group) is 2. The molecule has 0 bridgehead atoms. The van der Waals surface area contributed by atoms with Crippen molar-refractivity contribution in [3.63, 3.8) is 0 Å². The van der Waals surface area contributed by atoms with Gasteiger partial charge >= 0.3 is 12.2 Å². The average Bonchev–Trinajstić information content (AvgIpc) is 1.59. The normalized spacial score (nSPS) is 21.1. The van der Waals surface area contributed by atoms with E-state index in [1.54, 1.807) is 86.9 Å². The third-order valence-electron chi connectivity index (χ3n) is 18.4. The number of likely N-dealkylation sites (tertiary alicyclic amines) is 2. The number of rotatable bonds is 16. The lowest BCUT2D eigenvalue weighted by Gasteiger charge is -2.37. The molecule has 0 saturated carbocycles. The third kappa shape index (κ3) is 16.1. The van der Waals surface area contributed by atoms with Crippen LogP contribution in [0.15, 0.2) is 85.2 Å². The Morgan fingerprint density at radius 3 is 1.27 bits per heavy atom. The molecule has 506 valence electrons. The van der Waals surface area contributed by atoms with Gasteiger partial charge in [-0.25, -0.2) is 19.0 Å². The highest BCUT2D eigenvalue weighted by Crippen LogP contribution is 2.38. The Labute approximate surface area is 552 Å². The van der Waals surface area contributed by atoms with E-state index in [2.05, 4.69) is 54.0 Å². The van der Waals surface area contributed by atoms with Crippen LogP contribution in [0.4, 0.5) is 9.59 Å². The van der Waals surface area contributed by atoms with E-state index in [1.807, 2.05) is 102 Å². The maximum absolute atomic E-state index is 15.2. The molecule has 4 heterocycles. The van der Waals surface area contributed by atoms with Gasteiger partial charge in [-0.2, -0.15) is 0 Å². The molecule has 3 aromatic carbocycles. The highest BCUT2D eigenvalue weighted by Gasteiger charge is 2.49. The van der Waals surface area contributed by atoms with Gasteiger partial charge in [-0.1, -0.05) is 119 Å². The molecule has 2 saturated heterocycles. The van der Waals surface area contributed by atoms with E-state index in [1.165, 1.54) is 35.0 Å². The summed E-state index contributed by atoms with van der Waals surface area (Å²) in [5.41, 5.74) is 3.53. The number of nitrogens with zero attached hydrogens (tertiary/aromatic N) is 10. The molecule has 0 radical (unpaired) electrons. The molecule has 2 aliphatic carbocycles. The number of carbonyl (C=O) groups is 8. The predicted octanol–water partition coefficient (Wildman–Crippen LogP) is 8.45. The summed E-state index contributed by atoms with van der Waals surface area (Å²) in [6, 6.07) is 16.0. The van der Waals surface area contributed by atoms with E-state index >= 15 is 9.59 Å². The molecule has 24 nitrogen and oxygen atoms in total. The Balaban J connectivity index is 0.955. The van der Waals surface area contributed by atoms with Crippen LogP contribution >= 0.6 is 0 Å². The fourth-order valence-electron chi connectivity index (χ4n) is 12.8. The van der Waals surface area contributed by atoms with Gasteiger partial charge in [0.15, 0.2) is 0 Å². The predicted molar refractivity (Wildman–Crippen MR) is 353 cm³/mol. The minimum Gasteiger partial charge on any atom is -0.444 e. The van der Waals surface area contributed by atoms with Crippen molar-refractivity contribution in [2.24, 2.45) is 10.8 Å². The molecule has 5 aromatic rings. The van der Waals surface area contributed by atoms with Crippen molar-refractivity contribution in [3.05, 3.63) is 107 Å². The molecular formula is C70H96N14O10. The number of hydrogen-bond donors (Lipinski definition) is 4. The number of hydrogen-bond acceptors (Lipinski definition) is 14. The second kappa shape index (κ2) is 27.7. The Morgan fingerprint density at radius 2 is 0.904 bits per heavy atom. The summed E-state index contributed by atoms with van der Waals surface area (Å²) in [6.45, 7) is 24.7.